The van der Waals surface area contributed by atoms with Crippen LogP contribution in [-0.4, -0.2) is 23.8 Å². The summed E-state index contributed by atoms with van der Waals surface area (Å²) in [5, 5.41) is 9.83. The molecule has 0 aromatic heterocycles. The van der Waals surface area contributed by atoms with E-state index in [-0.39, 0.29) is 5.82 Å². The van der Waals surface area contributed by atoms with Crippen LogP contribution in [0.25, 0.3) is 0 Å². The Labute approximate surface area is 94.7 Å². The van der Waals surface area contributed by atoms with Crippen molar-refractivity contribution in [3.8, 4) is 0 Å². The summed E-state index contributed by atoms with van der Waals surface area (Å²) in [4.78, 5) is 2.09. The van der Waals surface area contributed by atoms with Gasteiger partial charge in [0.1, 0.15) is 5.82 Å². The van der Waals surface area contributed by atoms with Gasteiger partial charge in [0, 0.05) is 13.1 Å². The van der Waals surface area contributed by atoms with E-state index in [1.165, 1.54) is 12.1 Å². The predicted octanol–water partition coefficient (Wildman–Crippen LogP) is 1.76. The molecule has 0 saturated carbocycles. The predicted molar refractivity (Wildman–Crippen MR) is 62.9 cm³/mol. The Morgan fingerprint density at radius 2 is 2.00 bits per heavy atom. The fourth-order valence-corrected chi connectivity index (χ4v) is 2.04. The number of halogens is 1. The molecule has 2 rings (SSSR count). The monoisotopic (exact) mass is 224 g/mol. The average molecular weight is 224 g/mol. The van der Waals surface area contributed by atoms with Crippen LogP contribution in [0.15, 0.2) is 18.2 Å². The molecule has 0 bridgehead atoms. The molecule has 1 heterocycles. The maximum atomic E-state index is 12.9. The maximum absolute atomic E-state index is 12.9. The highest BCUT2D eigenvalue weighted by Gasteiger charge is 2.27. The van der Waals surface area contributed by atoms with Crippen molar-refractivity contribution in [1.29, 1.82) is 0 Å². The van der Waals surface area contributed by atoms with Crippen LogP contribution < -0.4 is 10.6 Å². The first kappa shape index (κ1) is 11.2. The van der Waals surface area contributed by atoms with Crippen LogP contribution in [-0.2, 0) is 0 Å². The Balaban J connectivity index is 2.14. The number of anilines is 2. The van der Waals surface area contributed by atoms with Gasteiger partial charge in [-0.3, -0.25) is 0 Å². The van der Waals surface area contributed by atoms with Crippen molar-refractivity contribution in [1.82, 2.24) is 0 Å². The molecule has 1 aromatic rings. The van der Waals surface area contributed by atoms with Gasteiger partial charge >= 0.3 is 0 Å². The van der Waals surface area contributed by atoms with E-state index in [4.69, 9.17) is 5.73 Å². The van der Waals surface area contributed by atoms with Crippen LogP contribution in [0.1, 0.15) is 19.8 Å². The van der Waals surface area contributed by atoms with Gasteiger partial charge in [-0.2, -0.15) is 0 Å². The quantitative estimate of drug-likeness (QED) is 0.715. The van der Waals surface area contributed by atoms with E-state index in [0.717, 1.165) is 18.8 Å². The second-order valence-corrected chi connectivity index (χ2v) is 4.69. The van der Waals surface area contributed by atoms with Crippen LogP contribution in [0.4, 0.5) is 15.8 Å². The number of rotatable bonds is 1. The SMILES string of the molecule is CC1(O)CCN(c2ccc(F)cc2N)CC1. The molecule has 0 aliphatic carbocycles. The fraction of sp³-hybridized carbons (Fsp3) is 0.500. The molecule has 1 aromatic carbocycles. The van der Waals surface area contributed by atoms with Crippen molar-refractivity contribution in [2.45, 2.75) is 25.4 Å². The number of nitrogens with two attached hydrogens (primary N) is 1. The Morgan fingerprint density at radius 3 is 2.56 bits per heavy atom. The number of hydrogen-bond donors (Lipinski definition) is 2. The minimum atomic E-state index is -0.578. The molecule has 0 amide bonds. The first-order valence-corrected chi connectivity index (χ1v) is 5.50. The maximum Gasteiger partial charge on any atom is 0.125 e. The minimum absolute atomic E-state index is 0.315. The van der Waals surface area contributed by atoms with Crippen molar-refractivity contribution < 1.29 is 9.50 Å². The van der Waals surface area contributed by atoms with Crippen molar-refractivity contribution >= 4 is 11.4 Å². The number of nitrogen functional groups attached to an aromatic ring is 1. The smallest absolute Gasteiger partial charge is 0.125 e. The van der Waals surface area contributed by atoms with E-state index in [1.807, 2.05) is 6.92 Å². The Kier molecular flexibility index (Phi) is 2.76. The molecule has 3 nitrogen and oxygen atoms in total. The third kappa shape index (κ3) is 2.27. The van der Waals surface area contributed by atoms with E-state index >= 15 is 0 Å². The van der Waals surface area contributed by atoms with E-state index in [2.05, 4.69) is 4.90 Å². The molecule has 0 spiro atoms. The third-order valence-electron chi connectivity index (χ3n) is 3.17. The highest BCUT2D eigenvalue weighted by molar-refractivity contribution is 5.67. The molecule has 3 N–H and O–H groups in total. The lowest BCUT2D eigenvalue weighted by Crippen LogP contribution is -2.42. The van der Waals surface area contributed by atoms with Gasteiger partial charge in [0.05, 0.1) is 17.0 Å². The van der Waals surface area contributed by atoms with E-state index in [9.17, 15) is 9.50 Å². The number of aliphatic hydroxyl groups is 1. The number of benzene rings is 1. The second-order valence-electron chi connectivity index (χ2n) is 4.69. The number of hydrogen-bond acceptors (Lipinski definition) is 3. The highest BCUT2D eigenvalue weighted by Crippen LogP contribution is 2.29. The number of nitrogens with zero attached hydrogens (tertiary/aromatic N) is 1. The van der Waals surface area contributed by atoms with Gasteiger partial charge in [0.2, 0.25) is 0 Å². The molecular weight excluding hydrogens is 207 g/mol. The average Bonchev–Trinajstić information content (AvgIpc) is 2.19. The van der Waals surface area contributed by atoms with Crippen LogP contribution in [0.3, 0.4) is 0 Å². The molecule has 1 fully saturated rings. The van der Waals surface area contributed by atoms with Gasteiger partial charge in [-0.1, -0.05) is 0 Å². The zero-order valence-corrected chi connectivity index (χ0v) is 9.41. The van der Waals surface area contributed by atoms with Crippen molar-refractivity contribution in [3.63, 3.8) is 0 Å². The van der Waals surface area contributed by atoms with Gasteiger partial charge in [-0.15, -0.1) is 0 Å². The van der Waals surface area contributed by atoms with Crippen LogP contribution in [0.5, 0.6) is 0 Å². The summed E-state index contributed by atoms with van der Waals surface area (Å²) in [6.45, 7) is 3.35. The Morgan fingerprint density at radius 1 is 1.38 bits per heavy atom. The summed E-state index contributed by atoms with van der Waals surface area (Å²) in [6, 6.07) is 4.45. The van der Waals surface area contributed by atoms with Gasteiger partial charge < -0.3 is 15.7 Å². The zero-order chi connectivity index (χ0) is 11.8. The van der Waals surface area contributed by atoms with Crippen molar-refractivity contribution in [2.24, 2.45) is 0 Å². The molecule has 0 atom stereocenters. The minimum Gasteiger partial charge on any atom is -0.397 e. The first-order chi connectivity index (χ1) is 7.48. The lowest BCUT2D eigenvalue weighted by Gasteiger charge is -2.37. The summed E-state index contributed by atoms with van der Waals surface area (Å²) >= 11 is 0. The van der Waals surface area contributed by atoms with Crippen LogP contribution in [0, 0.1) is 5.82 Å². The molecular formula is C12H17FN2O. The topological polar surface area (TPSA) is 49.5 Å². The molecule has 4 heteroatoms. The fourth-order valence-electron chi connectivity index (χ4n) is 2.04. The molecule has 1 aliphatic heterocycles. The second kappa shape index (κ2) is 3.94. The Hall–Kier alpha value is -1.29. The molecule has 0 radical (unpaired) electrons. The van der Waals surface area contributed by atoms with Crippen LogP contribution in [0.2, 0.25) is 0 Å². The third-order valence-corrected chi connectivity index (χ3v) is 3.17. The first-order valence-electron chi connectivity index (χ1n) is 5.50. The van der Waals surface area contributed by atoms with Crippen LogP contribution >= 0.6 is 0 Å². The summed E-state index contributed by atoms with van der Waals surface area (Å²) in [5.74, 6) is -0.315. The lowest BCUT2D eigenvalue weighted by molar-refractivity contribution is 0.0351. The van der Waals surface area contributed by atoms with Gasteiger partial charge in [-0.25, -0.2) is 4.39 Å². The summed E-state index contributed by atoms with van der Waals surface area (Å²) < 4.78 is 12.9. The van der Waals surface area contributed by atoms with E-state index in [1.54, 1.807) is 6.07 Å². The number of piperidine rings is 1. The molecule has 16 heavy (non-hydrogen) atoms. The molecule has 0 unspecified atom stereocenters. The normalized spacial score (nSPS) is 19.8. The lowest BCUT2D eigenvalue weighted by atomic mass is 9.93. The molecule has 1 saturated heterocycles. The van der Waals surface area contributed by atoms with Gasteiger partial charge in [0.15, 0.2) is 0 Å². The Bertz CT molecular complexity index is 383. The largest absolute Gasteiger partial charge is 0.397 e. The summed E-state index contributed by atoms with van der Waals surface area (Å²) in [6.07, 6.45) is 1.42. The summed E-state index contributed by atoms with van der Waals surface area (Å²) in [5.41, 5.74) is 6.52. The van der Waals surface area contributed by atoms with E-state index < -0.39 is 5.60 Å². The van der Waals surface area contributed by atoms with Gasteiger partial charge in [-0.05, 0) is 38.0 Å². The van der Waals surface area contributed by atoms with Crippen molar-refractivity contribution in [3.05, 3.63) is 24.0 Å². The highest BCUT2D eigenvalue weighted by atomic mass is 19.1. The molecule has 88 valence electrons. The summed E-state index contributed by atoms with van der Waals surface area (Å²) in [7, 11) is 0. The van der Waals surface area contributed by atoms with Gasteiger partial charge in [0.25, 0.3) is 0 Å². The molecule has 1 aliphatic rings. The van der Waals surface area contributed by atoms with Crippen molar-refractivity contribution in [2.75, 3.05) is 23.7 Å². The van der Waals surface area contributed by atoms with E-state index in [0.29, 0.717) is 18.5 Å². The standard InChI is InChI=1S/C12H17FN2O/c1-12(16)4-6-15(7-5-12)11-3-2-9(13)8-10(11)14/h2-3,8,16H,4-7,14H2,1H3. The zero-order valence-electron chi connectivity index (χ0n) is 9.41.